The summed E-state index contributed by atoms with van der Waals surface area (Å²) in [4.78, 5) is 23.1. The Labute approximate surface area is 207 Å². The van der Waals surface area contributed by atoms with E-state index in [4.69, 9.17) is 14.2 Å². The first-order valence-electron chi connectivity index (χ1n) is 11.4. The summed E-state index contributed by atoms with van der Waals surface area (Å²) in [5.41, 5.74) is 1.60. The molecule has 0 radical (unpaired) electrons. The maximum absolute atomic E-state index is 13.6. The lowest BCUT2D eigenvalue weighted by molar-refractivity contribution is -0.119. The van der Waals surface area contributed by atoms with Crippen LogP contribution in [0.5, 0.6) is 23.0 Å². The van der Waals surface area contributed by atoms with Crippen molar-refractivity contribution in [2.75, 3.05) is 13.2 Å². The number of aryl methyl sites for hydroxylation is 1. The first kappa shape index (κ1) is 24.6. The van der Waals surface area contributed by atoms with Gasteiger partial charge in [-0.1, -0.05) is 31.5 Å². The van der Waals surface area contributed by atoms with Crippen LogP contribution in [-0.4, -0.2) is 24.4 Å². The van der Waals surface area contributed by atoms with E-state index in [2.05, 4.69) is 5.32 Å². The van der Waals surface area contributed by atoms with Gasteiger partial charge in [-0.3, -0.25) is 14.9 Å². The summed E-state index contributed by atoms with van der Waals surface area (Å²) in [5.74, 6) is 2.06. The number of imide groups is 1. The third-order valence-corrected chi connectivity index (χ3v) is 6.31. The lowest BCUT2D eigenvalue weighted by Gasteiger charge is -2.13. The first-order chi connectivity index (χ1) is 17.0. The molecule has 182 valence electrons. The molecule has 8 heteroatoms. The van der Waals surface area contributed by atoms with Gasteiger partial charge in [0.2, 0.25) is 5.91 Å². The van der Waals surface area contributed by atoms with Crippen LogP contribution < -0.4 is 19.5 Å². The highest BCUT2D eigenvalue weighted by Crippen LogP contribution is 2.35. The zero-order valence-electron chi connectivity index (χ0n) is 19.3. The van der Waals surface area contributed by atoms with Crippen LogP contribution in [0, 0.1) is 5.82 Å². The van der Waals surface area contributed by atoms with Gasteiger partial charge in [-0.15, -0.1) is 0 Å². The number of hydrogen-bond acceptors (Lipinski definition) is 6. The van der Waals surface area contributed by atoms with E-state index in [1.165, 1.54) is 12.1 Å². The smallest absolute Gasteiger partial charge is 0.286 e. The van der Waals surface area contributed by atoms with Gasteiger partial charge in [0.1, 0.15) is 34.1 Å². The number of hydrogen-bond donors (Lipinski definition) is 1. The van der Waals surface area contributed by atoms with Gasteiger partial charge in [-0.05, 0) is 71.8 Å². The molecule has 0 saturated carbocycles. The van der Waals surface area contributed by atoms with E-state index < -0.39 is 5.25 Å². The molecule has 1 atom stereocenters. The van der Waals surface area contributed by atoms with E-state index in [0.717, 1.165) is 35.7 Å². The largest absolute Gasteiger partial charge is 0.493 e. The standard InChI is InChI=1S/C27H26FNO5S/c1-2-5-19-16-20(28)10-13-24(19)34-23-7-3-6-22(17-23)33-15-4-14-32-21-11-8-18(9-12-21)25-26(30)29-27(31)35-25/h3,6-13,16-17,25H,2,4-5,14-15H2,1H3,(H,29,30,31). The minimum Gasteiger partial charge on any atom is -0.493 e. The summed E-state index contributed by atoms with van der Waals surface area (Å²) >= 11 is 0.979. The summed E-state index contributed by atoms with van der Waals surface area (Å²) in [6.45, 7) is 2.96. The summed E-state index contributed by atoms with van der Waals surface area (Å²) in [5, 5.41) is 1.45. The molecule has 3 aromatic rings. The number of carbonyl (C=O) groups is 2. The number of amides is 2. The fourth-order valence-corrected chi connectivity index (χ4v) is 4.45. The normalized spacial score (nSPS) is 15.1. The number of benzene rings is 3. The minimum absolute atomic E-state index is 0.271. The minimum atomic E-state index is -0.508. The van der Waals surface area contributed by atoms with E-state index >= 15 is 0 Å². The molecule has 1 fully saturated rings. The fourth-order valence-electron chi connectivity index (χ4n) is 3.62. The second-order valence-electron chi connectivity index (χ2n) is 7.97. The Morgan fingerprint density at radius 3 is 2.37 bits per heavy atom. The van der Waals surface area contributed by atoms with Gasteiger partial charge in [0.25, 0.3) is 5.24 Å². The molecule has 1 aliphatic heterocycles. The monoisotopic (exact) mass is 495 g/mol. The van der Waals surface area contributed by atoms with Crippen LogP contribution in [0.25, 0.3) is 0 Å². The van der Waals surface area contributed by atoms with E-state index in [9.17, 15) is 14.0 Å². The molecule has 4 rings (SSSR count). The Hall–Kier alpha value is -3.52. The second-order valence-corrected chi connectivity index (χ2v) is 9.05. The topological polar surface area (TPSA) is 73.9 Å². The Bertz CT molecular complexity index is 1180. The lowest BCUT2D eigenvalue weighted by atomic mass is 10.1. The molecular weight excluding hydrogens is 469 g/mol. The molecule has 6 nitrogen and oxygen atoms in total. The molecule has 1 N–H and O–H groups in total. The van der Waals surface area contributed by atoms with Crippen LogP contribution in [0.1, 0.15) is 36.1 Å². The van der Waals surface area contributed by atoms with Crippen molar-refractivity contribution in [3.05, 3.63) is 83.7 Å². The zero-order valence-corrected chi connectivity index (χ0v) is 20.1. The van der Waals surface area contributed by atoms with Crippen molar-refractivity contribution in [2.24, 2.45) is 0 Å². The van der Waals surface area contributed by atoms with Crippen molar-refractivity contribution < 1.29 is 28.2 Å². The zero-order chi connectivity index (χ0) is 24.6. The molecule has 0 spiro atoms. The van der Waals surface area contributed by atoms with Crippen LogP contribution in [0.2, 0.25) is 0 Å². The van der Waals surface area contributed by atoms with Gasteiger partial charge in [-0.25, -0.2) is 4.39 Å². The first-order valence-corrected chi connectivity index (χ1v) is 12.3. The number of carbonyl (C=O) groups excluding carboxylic acids is 2. The van der Waals surface area contributed by atoms with E-state index in [0.29, 0.717) is 42.6 Å². The average molecular weight is 496 g/mol. The highest BCUT2D eigenvalue weighted by atomic mass is 32.2. The molecular formula is C27H26FNO5S. The van der Waals surface area contributed by atoms with Crippen molar-refractivity contribution >= 4 is 22.9 Å². The molecule has 0 aromatic heterocycles. The van der Waals surface area contributed by atoms with Crippen LogP contribution >= 0.6 is 11.8 Å². The lowest BCUT2D eigenvalue weighted by Crippen LogP contribution is -2.20. The van der Waals surface area contributed by atoms with E-state index in [1.54, 1.807) is 36.4 Å². The van der Waals surface area contributed by atoms with Crippen molar-refractivity contribution in [3.8, 4) is 23.0 Å². The summed E-state index contributed by atoms with van der Waals surface area (Å²) in [7, 11) is 0. The van der Waals surface area contributed by atoms with Gasteiger partial charge in [-0.2, -0.15) is 0 Å². The molecule has 0 aliphatic carbocycles. The van der Waals surface area contributed by atoms with Gasteiger partial charge in [0.15, 0.2) is 0 Å². The molecule has 2 amide bonds. The van der Waals surface area contributed by atoms with E-state index in [-0.39, 0.29) is 17.0 Å². The predicted molar refractivity (Wildman–Crippen MR) is 133 cm³/mol. The maximum atomic E-state index is 13.6. The molecule has 3 aromatic carbocycles. The third kappa shape index (κ3) is 6.76. The molecule has 1 unspecified atom stereocenters. The summed E-state index contributed by atoms with van der Waals surface area (Å²) in [6.07, 6.45) is 2.30. The van der Waals surface area contributed by atoms with Crippen molar-refractivity contribution in [2.45, 2.75) is 31.4 Å². The fraction of sp³-hybridized carbons (Fsp3) is 0.259. The number of ether oxygens (including phenoxy) is 3. The summed E-state index contributed by atoms with van der Waals surface area (Å²) < 4.78 is 31.1. The molecule has 1 heterocycles. The van der Waals surface area contributed by atoms with Crippen LogP contribution in [0.4, 0.5) is 9.18 Å². The number of thioether (sulfide) groups is 1. The molecule has 0 bridgehead atoms. The predicted octanol–water partition coefficient (Wildman–Crippen LogP) is 6.44. The summed E-state index contributed by atoms with van der Waals surface area (Å²) in [6, 6.07) is 19.1. The van der Waals surface area contributed by atoms with Gasteiger partial charge in [0.05, 0.1) is 13.2 Å². The van der Waals surface area contributed by atoms with Crippen LogP contribution in [-0.2, 0) is 11.2 Å². The second kappa shape index (κ2) is 11.8. The number of nitrogens with one attached hydrogen (secondary N) is 1. The Kier molecular flexibility index (Phi) is 8.26. The quantitative estimate of drug-likeness (QED) is 0.309. The SMILES string of the molecule is CCCc1cc(F)ccc1Oc1cccc(OCCCOc2ccc(C3SC(=O)NC3=O)cc2)c1. The number of rotatable bonds is 11. The Morgan fingerprint density at radius 1 is 0.914 bits per heavy atom. The maximum Gasteiger partial charge on any atom is 0.286 e. The molecule has 1 aliphatic rings. The average Bonchev–Trinajstić information content (AvgIpc) is 3.19. The van der Waals surface area contributed by atoms with Gasteiger partial charge in [0, 0.05) is 12.5 Å². The van der Waals surface area contributed by atoms with Crippen LogP contribution in [0.3, 0.4) is 0 Å². The van der Waals surface area contributed by atoms with Crippen molar-refractivity contribution in [1.29, 1.82) is 0 Å². The van der Waals surface area contributed by atoms with Crippen molar-refractivity contribution in [1.82, 2.24) is 5.32 Å². The highest BCUT2D eigenvalue weighted by molar-refractivity contribution is 8.15. The van der Waals surface area contributed by atoms with Crippen LogP contribution in [0.15, 0.2) is 66.7 Å². The highest BCUT2D eigenvalue weighted by Gasteiger charge is 2.32. The third-order valence-electron chi connectivity index (χ3n) is 5.27. The van der Waals surface area contributed by atoms with Gasteiger partial charge < -0.3 is 14.2 Å². The van der Waals surface area contributed by atoms with Crippen molar-refractivity contribution in [3.63, 3.8) is 0 Å². The molecule has 1 saturated heterocycles. The Balaban J connectivity index is 1.23. The number of halogens is 1. The molecule has 35 heavy (non-hydrogen) atoms. The van der Waals surface area contributed by atoms with Gasteiger partial charge >= 0.3 is 0 Å². The Morgan fingerprint density at radius 2 is 1.66 bits per heavy atom. The van der Waals surface area contributed by atoms with E-state index in [1.807, 2.05) is 25.1 Å².